The van der Waals surface area contributed by atoms with E-state index in [-0.39, 0.29) is 0 Å². The minimum Gasteiger partial charge on any atom is -0.254 e. The van der Waals surface area contributed by atoms with Gasteiger partial charge in [0.05, 0.1) is 33.5 Å². The van der Waals surface area contributed by atoms with Crippen molar-refractivity contribution in [3.05, 3.63) is 170 Å². The van der Waals surface area contributed by atoms with Gasteiger partial charge < -0.3 is 0 Å². The molecule has 10 aromatic rings. The molecule has 0 atom stereocenters. The zero-order valence-electron chi connectivity index (χ0n) is 27.0. The zero-order valence-corrected chi connectivity index (χ0v) is 27.0. The molecule has 0 unspecified atom stereocenters. The Morgan fingerprint density at radius 1 is 0.320 bits per heavy atom. The van der Waals surface area contributed by atoms with Gasteiger partial charge in [-0.05, 0) is 75.5 Å². The largest absolute Gasteiger partial charge is 0.254 e. The molecule has 0 N–H and O–H groups in total. The van der Waals surface area contributed by atoms with E-state index in [1.54, 1.807) is 0 Å². The lowest BCUT2D eigenvalue weighted by Crippen LogP contribution is -1.90. The summed E-state index contributed by atoms with van der Waals surface area (Å²) in [5, 5.41) is 6.82. The van der Waals surface area contributed by atoms with Crippen molar-refractivity contribution in [2.24, 2.45) is 0 Å². The molecule has 0 saturated heterocycles. The Balaban J connectivity index is 0.998. The molecule has 0 bridgehead atoms. The second-order valence-corrected chi connectivity index (χ2v) is 12.7. The van der Waals surface area contributed by atoms with Crippen molar-refractivity contribution < 1.29 is 0 Å². The second kappa shape index (κ2) is 11.4. The van der Waals surface area contributed by atoms with Gasteiger partial charge in [-0.2, -0.15) is 0 Å². The molecule has 0 aliphatic rings. The molecular weight excluding hydrogens is 609 g/mol. The van der Waals surface area contributed by atoms with Gasteiger partial charge in [-0.1, -0.05) is 115 Å². The number of hydrogen-bond donors (Lipinski definition) is 0. The Morgan fingerprint density at radius 3 is 1.70 bits per heavy atom. The number of hydrogen-bond acceptors (Lipinski definition) is 4. The average Bonchev–Trinajstić information content (AvgIpc) is 3.19. The van der Waals surface area contributed by atoms with Crippen LogP contribution in [-0.4, -0.2) is 19.9 Å². The first-order valence-corrected chi connectivity index (χ1v) is 16.8. The third kappa shape index (κ3) is 4.77. The SMILES string of the molecule is c1ccc2c(-c3ccc4ccc(-c5ccc6ccc(-c7ccc(-c8cc9cccnc9c9ncccc89)cc7)nc6c5)cc4n3)cccc2c1. The molecular formula is C46H28N4. The number of rotatable bonds is 4. The van der Waals surface area contributed by atoms with E-state index in [0.717, 1.165) is 88.4 Å². The van der Waals surface area contributed by atoms with Crippen LogP contribution in [0.3, 0.4) is 0 Å². The van der Waals surface area contributed by atoms with Gasteiger partial charge in [0.2, 0.25) is 0 Å². The van der Waals surface area contributed by atoms with E-state index in [4.69, 9.17) is 9.97 Å². The molecule has 0 fully saturated rings. The molecule has 4 aromatic heterocycles. The Kier molecular flexibility index (Phi) is 6.46. The van der Waals surface area contributed by atoms with E-state index >= 15 is 0 Å². The van der Waals surface area contributed by atoms with Crippen LogP contribution in [0.1, 0.15) is 0 Å². The molecule has 0 spiro atoms. The highest BCUT2D eigenvalue weighted by Gasteiger charge is 2.12. The lowest BCUT2D eigenvalue weighted by molar-refractivity contribution is 1.37. The summed E-state index contributed by atoms with van der Waals surface area (Å²) >= 11 is 0. The molecule has 4 heteroatoms. The maximum Gasteiger partial charge on any atom is 0.0970 e. The Bertz CT molecular complexity index is 2920. The Morgan fingerprint density at radius 2 is 0.900 bits per heavy atom. The summed E-state index contributed by atoms with van der Waals surface area (Å²) in [5.41, 5.74) is 12.4. The third-order valence-corrected chi connectivity index (χ3v) is 9.74. The van der Waals surface area contributed by atoms with Gasteiger partial charge in [-0.15, -0.1) is 0 Å². The topological polar surface area (TPSA) is 51.6 Å². The van der Waals surface area contributed by atoms with Crippen LogP contribution in [0.2, 0.25) is 0 Å². The summed E-state index contributed by atoms with van der Waals surface area (Å²) in [6, 6.07) is 55.5. The fourth-order valence-corrected chi connectivity index (χ4v) is 7.19. The molecule has 0 saturated carbocycles. The quantitative estimate of drug-likeness (QED) is 0.180. The number of fused-ring (bicyclic) bond motifs is 6. The Labute approximate surface area is 288 Å². The first kappa shape index (κ1) is 28.3. The van der Waals surface area contributed by atoms with Crippen molar-refractivity contribution >= 4 is 54.4 Å². The predicted octanol–water partition coefficient (Wildman–Crippen LogP) is 11.7. The van der Waals surface area contributed by atoms with Crippen LogP contribution in [0.5, 0.6) is 0 Å². The van der Waals surface area contributed by atoms with E-state index in [0.29, 0.717) is 0 Å². The molecule has 0 aliphatic heterocycles. The number of aromatic nitrogens is 4. The second-order valence-electron chi connectivity index (χ2n) is 12.7. The fourth-order valence-electron chi connectivity index (χ4n) is 7.19. The minimum atomic E-state index is 0.920. The summed E-state index contributed by atoms with van der Waals surface area (Å²) in [5.74, 6) is 0. The van der Waals surface area contributed by atoms with Gasteiger partial charge in [0.1, 0.15) is 0 Å². The van der Waals surface area contributed by atoms with E-state index in [1.807, 2.05) is 24.5 Å². The molecule has 10 rings (SSSR count). The van der Waals surface area contributed by atoms with Crippen LogP contribution in [-0.2, 0) is 0 Å². The van der Waals surface area contributed by atoms with Gasteiger partial charge in [0.15, 0.2) is 0 Å². The number of pyridine rings is 4. The lowest BCUT2D eigenvalue weighted by atomic mass is 9.96. The summed E-state index contributed by atoms with van der Waals surface area (Å²) in [6.45, 7) is 0. The zero-order chi connectivity index (χ0) is 33.0. The number of nitrogens with zero attached hydrogens (tertiary/aromatic N) is 4. The van der Waals surface area contributed by atoms with Crippen LogP contribution in [0.4, 0.5) is 0 Å². The van der Waals surface area contributed by atoms with Crippen LogP contribution >= 0.6 is 0 Å². The van der Waals surface area contributed by atoms with E-state index in [1.165, 1.54) is 10.8 Å². The van der Waals surface area contributed by atoms with Crippen LogP contribution in [0.15, 0.2) is 170 Å². The van der Waals surface area contributed by atoms with E-state index in [9.17, 15) is 0 Å². The van der Waals surface area contributed by atoms with E-state index in [2.05, 4.69) is 156 Å². The third-order valence-electron chi connectivity index (χ3n) is 9.74. The van der Waals surface area contributed by atoms with Crippen molar-refractivity contribution in [3.8, 4) is 44.8 Å². The van der Waals surface area contributed by atoms with Crippen molar-refractivity contribution in [2.45, 2.75) is 0 Å². The van der Waals surface area contributed by atoms with Crippen LogP contribution in [0.25, 0.3) is 99.2 Å². The van der Waals surface area contributed by atoms with Crippen LogP contribution < -0.4 is 0 Å². The molecule has 0 amide bonds. The molecule has 50 heavy (non-hydrogen) atoms. The van der Waals surface area contributed by atoms with Crippen molar-refractivity contribution in [2.75, 3.05) is 0 Å². The fraction of sp³-hybridized carbons (Fsp3) is 0. The normalized spacial score (nSPS) is 11.6. The Hall–Kier alpha value is -6.78. The van der Waals surface area contributed by atoms with Gasteiger partial charge in [-0.3, -0.25) is 9.97 Å². The average molecular weight is 637 g/mol. The summed E-state index contributed by atoms with van der Waals surface area (Å²) in [4.78, 5) is 19.6. The van der Waals surface area contributed by atoms with Gasteiger partial charge in [0.25, 0.3) is 0 Å². The summed E-state index contributed by atoms with van der Waals surface area (Å²) in [7, 11) is 0. The van der Waals surface area contributed by atoms with Gasteiger partial charge in [-0.25, -0.2) is 9.97 Å². The highest BCUT2D eigenvalue weighted by atomic mass is 14.7. The standard InChI is InChI=1S/C46H28N4/c1-2-9-37-29(6-1)7-3-10-38(37)42-23-21-33-17-19-35(28-44(33)50-42)34-18-16-32-20-22-41(49-43(32)27-34)31-14-12-30(13-15-31)40-26-36-8-4-24-47-45(36)46-39(40)11-5-25-48-46/h1-28H. The summed E-state index contributed by atoms with van der Waals surface area (Å²) < 4.78 is 0. The first-order valence-electron chi connectivity index (χ1n) is 16.8. The van der Waals surface area contributed by atoms with E-state index < -0.39 is 0 Å². The highest BCUT2D eigenvalue weighted by molar-refractivity contribution is 6.10. The molecule has 4 heterocycles. The monoisotopic (exact) mass is 636 g/mol. The number of benzene rings is 6. The van der Waals surface area contributed by atoms with Crippen molar-refractivity contribution in [1.29, 1.82) is 0 Å². The highest BCUT2D eigenvalue weighted by Crippen LogP contribution is 2.35. The molecule has 0 radical (unpaired) electrons. The summed E-state index contributed by atoms with van der Waals surface area (Å²) in [6.07, 6.45) is 3.66. The van der Waals surface area contributed by atoms with Crippen molar-refractivity contribution in [3.63, 3.8) is 0 Å². The first-order chi connectivity index (χ1) is 24.7. The predicted molar refractivity (Wildman–Crippen MR) is 207 cm³/mol. The minimum absolute atomic E-state index is 0.920. The molecule has 4 nitrogen and oxygen atoms in total. The molecule has 6 aromatic carbocycles. The molecule has 232 valence electrons. The van der Waals surface area contributed by atoms with Gasteiger partial charge in [0, 0.05) is 45.1 Å². The maximum absolute atomic E-state index is 5.14. The molecule has 0 aliphatic carbocycles. The van der Waals surface area contributed by atoms with Gasteiger partial charge >= 0.3 is 0 Å². The van der Waals surface area contributed by atoms with Crippen LogP contribution in [0, 0.1) is 0 Å². The maximum atomic E-state index is 5.14. The van der Waals surface area contributed by atoms with Crippen molar-refractivity contribution in [1.82, 2.24) is 19.9 Å². The smallest absolute Gasteiger partial charge is 0.0970 e. The lowest BCUT2D eigenvalue weighted by Gasteiger charge is -2.11.